The maximum absolute atomic E-state index is 12.1. The number of benzene rings is 1. The van der Waals surface area contributed by atoms with E-state index < -0.39 is 0 Å². The fourth-order valence-corrected chi connectivity index (χ4v) is 2.00. The van der Waals surface area contributed by atoms with Crippen LogP contribution in [0.5, 0.6) is 0 Å². The number of carbonyl (C=O) groups is 1. The first-order chi connectivity index (χ1) is 9.09. The van der Waals surface area contributed by atoms with Crippen LogP contribution in [-0.2, 0) is 0 Å². The third-order valence-electron chi connectivity index (χ3n) is 2.76. The maximum Gasteiger partial charge on any atom is 0.253 e. The van der Waals surface area contributed by atoms with Gasteiger partial charge in [-0.3, -0.25) is 4.79 Å². The van der Waals surface area contributed by atoms with Crippen molar-refractivity contribution in [3.63, 3.8) is 0 Å². The van der Waals surface area contributed by atoms with Gasteiger partial charge in [0.25, 0.3) is 5.91 Å². The minimum absolute atomic E-state index is 0.141. The van der Waals surface area contributed by atoms with Gasteiger partial charge in [-0.25, -0.2) is 4.98 Å². The first-order valence-corrected chi connectivity index (χ1v) is 6.42. The molecule has 1 aromatic carbocycles. The van der Waals surface area contributed by atoms with Gasteiger partial charge in [0.15, 0.2) is 0 Å². The molecule has 0 saturated heterocycles. The molecule has 1 aromatic heterocycles. The second kappa shape index (κ2) is 5.85. The Labute approximate surface area is 117 Å². The Balaban J connectivity index is 2.32. The summed E-state index contributed by atoms with van der Waals surface area (Å²) in [7, 11) is 0. The van der Waals surface area contributed by atoms with Crippen molar-refractivity contribution in [3.05, 3.63) is 52.8 Å². The third kappa shape index (κ3) is 3.12. The monoisotopic (exact) mass is 274 g/mol. The summed E-state index contributed by atoms with van der Waals surface area (Å²) in [5.41, 5.74) is 1.71. The Morgan fingerprint density at radius 1 is 1.32 bits per heavy atom. The van der Waals surface area contributed by atoms with Crippen LogP contribution in [0, 0.1) is 0 Å². The number of allylic oxidation sites excluding steroid dienone is 1. The molecule has 0 aliphatic rings. The summed E-state index contributed by atoms with van der Waals surface area (Å²) >= 11 is 6.03. The van der Waals surface area contributed by atoms with Crippen LogP contribution >= 0.6 is 11.6 Å². The molecule has 4 heteroatoms. The van der Waals surface area contributed by atoms with Crippen LogP contribution in [-0.4, -0.2) is 17.4 Å². The first kappa shape index (κ1) is 13.6. The van der Waals surface area contributed by atoms with Crippen molar-refractivity contribution in [1.29, 1.82) is 0 Å². The Morgan fingerprint density at radius 2 is 2.00 bits per heavy atom. The van der Waals surface area contributed by atoms with E-state index in [0.29, 0.717) is 17.3 Å². The van der Waals surface area contributed by atoms with E-state index in [9.17, 15) is 4.79 Å². The van der Waals surface area contributed by atoms with Gasteiger partial charge < -0.3 is 5.32 Å². The predicted octanol–water partition coefficient (Wildman–Crippen LogP) is 3.58. The maximum atomic E-state index is 12.1. The zero-order chi connectivity index (χ0) is 13.8. The lowest BCUT2D eigenvalue weighted by molar-refractivity contribution is 0.0959. The van der Waals surface area contributed by atoms with Crippen molar-refractivity contribution in [2.75, 3.05) is 6.54 Å². The Hall–Kier alpha value is -1.87. The van der Waals surface area contributed by atoms with Crippen LogP contribution in [0.15, 0.2) is 42.1 Å². The third-order valence-corrected chi connectivity index (χ3v) is 3.07. The highest BCUT2D eigenvalue weighted by molar-refractivity contribution is 6.34. The highest BCUT2D eigenvalue weighted by atomic mass is 35.5. The molecule has 0 aliphatic carbocycles. The van der Waals surface area contributed by atoms with Crippen LogP contribution in [0.3, 0.4) is 0 Å². The van der Waals surface area contributed by atoms with Gasteiger partial charge in [0, 0.05) is 18.1 Å². The molecule has 0 saturated carbocycles. The highest BCUT2D eigenvalue weighted by Gasteiger charge is 2.11. The number of fused-ring (bicyclic) bond motifs is 1. The van der Waals surface area contributed by atoms with Gasteiger partial charge >= 0.3 is 0 Å². The van der Waals surface area contributed by atoms with Crippen LogP contribution in [0.4, 0.5) is 0 Å². The standard InChI is InChI=1S/C15H15ClN2O/c1-10(2)7-8-17-15(19)13-9-18-14(16)12-6-4-3-5-11(12)13/h3-7,9H,8H2,1-2H3,(H,17,19). The van der Waals surface area contributed by atoms with E-state index in [1.807, 2.05) is 44.2 Å². The quantitative estimate of drug-likeness (QED) is 0.687. The zero-order valence-corrected chi connectivity index (χ0v) is 11.7. The van der Waals surface area contributed by atoms with E-state index in [-0.39, 0.29) is 5.91 Å². The summed E-state index contributed by atoms with van der Waals surface area (Å²) in [4.78, 5) is 16.2. The molecule has 1 N–H and O–H groups in total. The van der Waals surface area contributed by atoms with E-state index in [0.717, 1.165) is 10.8 Å². The average molecular weight is 275 g/mol. The molecule has 0 fully saturated rings. The molecule has 0 bridgehead atoms. The summed E-state index contributed by atoms with van der Waals surface area (Å²) < 4.78 is 0. The van der Waals surface area contributed by atoms with Gasteiger partial charge in [-0.05, 0) is 19.2 Å². The number of rotatable bonds is 3. The lowest BCUT2D eigenvalue weighted by atomic mass is 10.1. The minimum Gasteiger partial charge on any atom is -0.348 e. The number of hydrogen-bond acceptors (Lipinski definition) is 2. The average Bonchev–Trinajstić information content (AvgIpc) is 2.39. The summed E-state index contributed by atoms with van der Waals surface area (Å²) in [6.45, 7) is 4.49. The van der Waals surface area contributed by atoms with Gasteiger partial charge in [0.2, 0.25) is 0 Å². The zero-order valence-electron chi connectivity index (χ0n) is 10.9. The van der Waals surface area contributed by atoms with Crippen LogP contribution in [0.2, 0.25) is 5.15 Å². The Morgan fingerprint density at radius 3 is 2.68 bits per heavy atom. The summed E-state index contributed by atoms with van der Waals surface area (Å²) in [6.07, 6.45) is 3.48. The largest absolute Gasteiger partial charge is 0.348 e. The molecule has 3 nitrogen and oxygen atoms in total. The second-order valence-electron chi connectivity index (χ2n) is 4.50. The summed E-state index contributed by atoms with van der Waals surface area (Å²) in [5.74, 6) is -0.141. The summed E-state index contributed by atoms with van der Waals surface area (Å²) in [5, 5.41) is 4.86. The van der Waals surface area contributed by atoms with Crippen molar-refractivity contribution in [3.8, 4) is 0 Å². The van der Waals surface area contributed by atoms with Gasteiger partial charge in [0.1, 0.15) is 5.15 Å². The number of nitrogens with zero attached hydrogens (tertiary/aromatic N) is 1. The van der Waals surface area contributed by atoms with Crippen LogP contribution in [0.1, 0.15) is 24.2 Å². The number of carbonyl (C=O) groups excluding carboxylic acids is 1. The number of pyridine rings is 1. The highest BCUT2D eigenvalue weighted by Crippen LogP contribution is 2.23. The molecule has 1 amide bonds. The molecule has 0 spiro atoms. The fourth-order valence-electron chi connectivity index (χ4n) is 1.78. The lowest BCUT2D eigenvalue weighted by Crippen LogP contribution is -2.23. The van der Waals surface area contributed by atoms with E-state index in [4.69, 9.17) is 11.6 Å². The molecule has 1 heterocycles. The molecule has 98 valence electrons. The lowest BCUT2D eigenvalue weighted by Gasteiger charge is -2.07. The molecule has 0 aliphatic heterocycles. The van der Waals surface area contributed by atoms with E-state index >= 15 is 0 Å². The SMILES string of the molecule is CC(C)=CCNC(=O)c1cnc(Cl)c2ccccc12. The summed E-state index contributed by atoms with van der Waals surface area (Å²) in [6, 6.07) is 7.49. The van der Waals surface area contributed by atoms with Gasteiger partial charge in [-0.2, -0.15) is 0 Å². The van der Waals surface area contributed by atoms with E-state index in [2.05, 4.69) is 10.3 Å². The smallest absolute Gasteiger partial charge is 0.253 e. The molecular formula is C15H15ClN2O. The molecule has 0 unspecified atom stereocenters. The van der Waals surface area contributed by atoms with Crippen molar-refractivity contribution < 1.29 is 4.79 Å². The van der Waals surface area contributed by atoms with Crippen molar-refractivity contribution >= 4 is 28.3 Å². The minimum atomic E-state index is -0.141. The van der Waals surface area contributed by atoms with Crippen LogP contribution in [0.25, 0.3) is 10.8 Å². The molecule has 2 aromatic rings. The molecule has 0 radical (unpaired) electrons. The van der Waals surface area contributed by atoms with Crippen molar-refractivity contribution in [2.45, 2.75) is 13.8 Å². The second-order valence-corrected chi connectivity index (χ2v) is 4.86. The number of aromatic nitrogens is 1. The Bertz CT molecular complexity index is 646. The van der Waals surface area contributed by atoms with Crippen molar-refractivity contribution in [1.82, 2.24) is 10.3 Å². The fraction of sp³-hybridized carbons (Fsp3) is 0.200. The van der Waals surface area contributed by atoms with Crippen molar-refractivity contribution in [2.24, 2.45) is 0 Å². The normalized spacial score (nSPS) is 10.3. The first-order valence-electron chi connectivity index (χ1n) is 6.04. The number of halogens is 1. The topological polar surface area (TPSA) is 42.0 Å². The van der Waals surface area contributed by atoms with Gasteiger partial charge in [0.05, 0.1) is 5.56 Å². The predicted molar refractivity (Wildman–Crippen MR) is 78.5 cm³/mol. The Kier molecular flexibility index (Phi) is 4.17. The molecular weight excluding hydrogens is 260 g/mol. The van der Waals surface area contributed by atoms with Crippen LogP contribution < -0.4 is 5.32 Å². The van der Waals surface area contributed by atoms with Gasteiger partial charge in [-0.15, -0.1) is 0 Å². The molecule has 19 heavy (non-hydrogen) atoms. The number of nitrogens with one attached hydrogen (secondary N) is 1. The molecule has 2 rings (SSSR count). The number of amides is 1. The number of hydrogen-bond donors (Lipinski definition) is 1. The van der Waals surface area contributed by atoms with E-state index in [1.165, 1.54) is 11.8 Å². The van der Waals surface area contributed by atoms with E-state index in [1.54, 1.807) is 0 Å². The van der Waals surface area contributed by atoms with Gasteiger partial charge in [-0.1, -0.05) is 47.5 Å². The molecule has 0 atom stereocenters.